The van der Waals surface area contributed by atoms with Crippen LogP contribution in [-0.2, 0) is 21.5 Å². The summed E-state index contributed by atoms with van der Waals surface area (Å²) in [4.78, 5) is 27.2. The molecule has 5 rings (SSSR count). The Bertz CT molecular complexity index is 1130. The van der Waals surface area contributed by atoms with E-state index in [2.05, 4.69) is 34.5 Å². The van der Waals surface area contributed by atoms with Gasteiger partial charge in [0.15, 0.2) is 5.69 Å². The maximum Gasteiger partial charge on any atom is 0.276 e. The molecule has 1 saturated heterocycles. The number of rotatable bonds is 4. The number of nitrogens with zero attached hydrogens (tertiary/aromatic N) is 3. The minimum atomic E-state index is -0.615. The van der Waals surface area contributed by atoms with Gasteiger partial charge in [-0.05, 0) is 39.0 Å². The average molecular weight is 452 g/mol. The first-order valence-electron chi connectivity index (χ1n) is 11.3. The number of anilines is 2. The van der Waals surface area contributed by atoms with Crippen molar-refractivity contribution in [3.05, 3.63) is 47.9 Å². The van der Waals surface area contributed by atoms with Crippen LogP contribution in [0.3, 0.4) is 0 Å². The molecule has 0 radical (unpaired) electrons. The van der Waals surface area contributed by atoms with Crippen molar-refractivity contribution in [2.45, 2.75) is 44.8 Å². The van der Waals surface area contributed by atoms with E-state index in [1.165, 1.54) is 0 Å². The first kappa shape index (κ1) is 21.5. The number of carbonyl (C=O) groups is 2. The first-order valence-corrected chi connectivity index (χ1v) is 11.3. The van der Waals surface area contributed by atoms with E-state index < -0.39 is 5.54 Å². The normalized spacial score (nSPS) is 23.6. The van der Waals surface area contributed by atoms with Crippen LogP contribution < -0.4 is 20.3 Å². The molecule has 9 nitrogen and oxygen atoms in total. The Hall–Kier alpha value is -3.33. The van der Waals surface area contributed by atoms with E-state index in [0.717, 1.165) is 42.2 Å². The second-order valence-electron chi connectivity index (χ2n) is 9.65. The molecule has 1 aromatic carbocycles. The molecule has 0 unspecified atom stereocenters. The van der Waals surface area contributed by atoms with Gasteiger partial charge in [0, 0.05) is 43.5 Å². The Labute approximate surface area is 192 Å². The minimum Gasteiger partial charge on any atom is -0.487 e. The van der Waals surface area contributed by atoms with E-state index in [1.54, 1.807) is 23.1 Å². The maximum absolute atomic E-state index is 13.2. The molecular weight excluding hydrogens is 422 g/mol. The number of ether oxygens (including phenoxy) is 2. The second-order valence-corrected chi connectivity index (χ2v) is 9.65. The SMILES string of the molecule is CC1(C)Cc2cc(NC(=O)c3ccn([C@]4(C)C=CNC(=O)C4)n3)c(N3CCOCC3)cc2O1. The lowest BCUT2D eigenvalue weighted by molar-refractivity contribution is -0.122. The largest absolute Gasteiger partial charge is 0.487 e. The molecule has 3 aliphatic heterocycles. The van der Waals surface area contributed by atoms with Crippen molar-refractivity contribution < 1.29 is 19.1 Å². The number of allylic oxidation sites excluding steroid dienone is 1. The summed E-state index contributed by atoms with van der Waals surface area (Å²) in [5, 5.41) is 10.2. The third-order valence-corrected chi connectivity index (χ3v) is 6.33. The van der Waals surface area contributed by atoms with E-state index in [4.69, 9.17) is 9.47 Å². The average Bonchev–Trinajstić information content (AvgIpc) is 3.37. The van der Waals surface area contributed by atoms with Gasteiger partial charge in [-0.15, -0.1) is 0 Å². The number of hydrogen-bond acceptors (Lipinski definition) is 6. The van der Waals surface area contributed by atoms with E-state index >= 15 is 0 Å². The van der Waals surface area contributed by atoms with Gasteiger partial charge in [0.25, 0.3) is 5.91 Å². The van der Waals surface area contributed by atoms with Crippen molar-refractivity contribution in [1.82, 2.24) is 15.1 Å². The molecule has 1 fully saturated rings. The first-order chi connectivity index (χ1) is 15.7. The molecule has 9 heteroatoms. The summed E-state index contributed by atoms with van der Waals surface area (Å²) in [6.45, 7) is 8.80. The number of fused-ring (bicyclic) bond motifs is 1. The third-order valence-electron chi connectivity index (χ3n) is 6.33. The smallest absolute Gasteiger partial charge is 0.276 e. The van der Waals surface area contributed by atoms with E-state index in [0.29, 0.717) is 18.9 Å². The molecule has 1 aromatic heterocycles. The quantitative estimate of drug-likeness (QED) is 0.741. The Balaban J connectivity index is 1.42. The van der Waals surface area contributed by atoms with Crippen LogP contribution in [0, 0.1) is 0 Å². The fourth-order valence-electron chi connectivity index (χ4n) is 4.63. The Morgan fingerprint density at radius 3 is 2.73 bits per heavy atom. The molecule has 33 heavy (non-hydrogen) atoms. The van der Waals surface area contributed by atoms with E-state index in [-0.39, 0.29) is 23.8 Å². The minimum absolute atomic E-state index is 0.0834. The number of morpholine rings is 1. The van der Waals surface area contributed by atoms with Gasteiger partial charge in [-0.1, -0.05) is 0 Å². The molecule has 0 aliphatic carbocycles. The van der Waals surface area contributed by atoms with Gasteiger partial charge in [-0.2, -0.15) is 5.10 Å². The predicted molar refractivity (Wildman–Crippen MR) is 124 cm³/mol. The third kappa shape index (κ3) is 4.20. The van der Waals surface area contributed by atoms with Crippen LogP contribution in [0.2, 0.25) is 0 Å². The van der Waals surface area contributed by atoms with Gasteiger partial charge in [0.1, 0.15) is 11.4 Å². The standard InChI is InChI=1S/C24H29N5O4/c1-23(2)14-16-12-18(19(13-20(16)33-23)28-8-10-32-11-9-28)26-22(31)17-4-7-29(27-17)24(3)5-6-25-21(30)15-24/h4-7,12-13H,8-11,14-15H2,1-3H3,(H,25,30)(H,26,31)/t24-/m1/s1. The zero-order valence-electron chi connectivity index (χ0n) is 19.2. The van der Waals surface area contributed by atoms with Crippen molar-refractivity contribution in [3.8, 4) is 5.75 Å². The summed E-state index contributed by atoms with van der Waals surface area (Å²) >= 11 is 0. The predicted octanol–water partition coefficient (Wildman–Crippen LogP) is 2.43. The van der Waals surface area contributed by atoms with Gasteiger partial charge in [0.05, 0.1) is 36.5 Å². The summed E-state index contributed by atoms with van der Waals surface area (Å²) < 4.78 is 13.3. The Morgan fingerprint density at radius 1 is 1.18 bits per heavy atom. The van der Waals surface area contributed by atoms with Crippen LogP contribution in [-0.4, -0.2) is 53.5 Å². The lowest BCUT2D eigenvalue weighted by atomic mass is 9.95. The summed E-state index contributed by atoms with van der Waals surface area (Å²) in [6, 6.07) is 5.71. The van der Waals surface area contributed by atoms with Gasteiger partial charge in [-0.25, -0.2) is 0 Å². The molecule has 2 N–H and O–H groups in total. The van der Waals surface area contributed by atoms with E-state index in [9.17, 15) is 9.59 Å². The lowest BCUT2D eigenvalue weighted by Crippen LogP contribution is -2.39. The van der Waals surface area contributed by atoms with Crippen molar-refractivity contribution in [2.24, 2.45) is 0 Å². The molecule has 4 heterocycles. The molecule has 2 amide bonds. The summed E-state index contributed by atoms with van der Waals surface area (Å²) in [5.74, 6) is 0.480. The highest BCUT2D eigenvalue weighted by molar-refractivity contribution is 6.05. The van der Waals surface area contributed by atoms with Crippen molar-refractivity contribution in [2.75, 3.05) is 36.5 Å². The fraction of sp³-hybridized carbons (Fsp3) is 0.458. The Kier molecular flexibility index (Phi) is 5.16. The molecule has 0 bridgehead atoms. The van der Waals surface area contributed by atoms with Crippen LogP contribution in [0.4, 0.5) is 11.4 Å². The number of nitrogens with one attached hydrogen (secondary N) is 2. The molecule has 0 saturated carbocycles. The van der Waals surface area contributed by atoms with Crippen LogP contribution in [0.15, 0.2) is 36.7 Å². The van der Waals surface area contributed by atoms with Crippen LogP contribution in [0.5, 0.6) is 5.75 Å². The highest BCUT2D eigenvalue weighted by Crippen LogP contribution is 2.42. The van der Waals surface area contributed by atoms with Gasteiger partial charge in [-0.3, -0.25) is 14.3 Å². The zero-order valence-corrected chi connectivity index (χ0v) is 19.2. The van der Waals surface area contributed by atoms with Crippen molar-refractivity contribution >= 4 is 23.2 Å². The van der Waals surface area contributed by atoms with Crippen LogP contribution in [0.25, 0.3) is 0 Å². The summed E-state index contributed by atoms with van der Waals surface area (Å²) in [5.41, 5.74) is 2.13. The van der Waals surface area contributed by atoms with Crippen molar-refractivity contribution in [1.29, 1.82) is 0 Å². The summed E-state index contributed by atoms with van der Waals surface area (Å²) in [6.07, 6.45) is 6.27. The maximum atomic E-state index is 13.2. The van der Waals surface area contributed by atoms with Crippen LogP contribution >= 0.6 is 0 Å². The van der Waals surface area contributed by atoms with Gasteiger partial charge < -0.3 is 25.0 Å². The molecular formula is C24H29N5O4. The monoisotopic (exact) mass is 451 g/mol. The Morgan fingerprint density at radius 2 is 1.97 bits per heavy atom. The molecule has 0 spiro atoms. The highest BCUT2D eigenvalue weighted by Gasteiger charge is 2.33. The molecule has 3 aliphatic rings. The summed E-state index contributed by atoms with van der Waals surface area (Å²) in [7, 11) is 0. The number of aromatic nitrogens is 2. The molecule has 174 valence electrons. The second kappa shape index (κ2) is 7.91. The molecule has 2 aromatic rings. The lowest BCUT2D eigenvalue weighted by Gasteiger charge is -2.31. The van der Waals surface area contributed by atoms with E-state index in [1.807, 2.05) is 25.1 Å². The highest BCUT2D eigenvalue weighted by atomic mass is 16.5. The van der Waals surface area contributed by atoms with Crippen LogP contribution in [0.1, 0.15) is 43.2 Å². The van der Waals surface area contributed by atoms with Gasteiger partial charge in [0.2, 0.25) is 5.91 Å². The number of carbonyl (C=O) groups excluding carboxylic acids is 2. The zero-order chi connectivity index (χ0) is 23.2. The molecule has 1 atom stereocenters. The number of benzene rings is 1. The van der Waals surface area contributed by atoms with Crippen molar-refractivity contribution in [3.63, 3.8) is 0 Å². The van der Waals surface area contributed by atoms with Gasteiger partial charge >= 0.3 is 0 Å². The number of hydrogen-bond donors (Lipinski definition) is 2. The topological polar surface area (TPSA) is 97.7 Å². The number of amides is 2. The fourth-order valence-corrected chi connectivity index (χ4v) is 4.63.